The van der Waals surface area contributed by atoms with Crippen molar-refractivity contribution >= 4 is 0 Å². The lowest BCUT2D eigenvalue weighted by atomic mass is 10.1. The summed E-state index contributed by atoms with van der Waals surface area (Å²) in [6.07, 6.45) is -0.984. The highest BCUT2D eigenvalue weighted by Crippen LogP contribution is 2.34. The molecule has 0 bridgehead atoms. The predicted molar refractivity (Wildman–Crippen MR) is 45.2 cm³/mol. The Hall–Kier alpha value is -1.38. The van der Waals surface area contributed by atoms with Crippen LogP contribution in [0.5, 0.6) is 0 Å². The molecule has 0 saturated carbocycles. The first-order chi connectivity index (χ1) is 9.19. The van der Waals surface area contributed by atoms with Crippen molar-refractivity contribution < 1.29 is 35.9 Å². The number of rotatable bonds is 4. The summed E-state index contributed by atoms with van der Waals surface area (Å²) in [6, 6.07) is 0. The third-order valence-corrected chi connectivity index (χ3v) is 2.44. The van der Waals surface area contributed by atoms with Gasteiger partial charge in [-0.05, 0) is 6.08 Å². The van der Waals surface area contributed by atoms with Gasteiger partial charge in [-0.15, -0.1) is 5.11 Å². The van der Waals surface area contributed by atoms with Gasteiger partial charge in [-0.25, -0.2) is 0 Å². The van der Waals surface area contributed by atoms with E-state index in [9.17, 15) is 35.9 Å². The fourth-order valence-corrected chi connectivity index (χ4v) is 1.29. The highest BCUT2D eigenvalue weighted by atomic mass is 19.4. The van der Waals surface area contributed by atoms with Gasteiger partial charge in [-0.1, -0.05) is 41.9 Å². The Morgan fingerprint density at radius 3 is 1.70 bits per heavy atom. The van der Waals surface area contributed by atoms with Crippen LogP contribution in [0.15, 0.2) is 22.4 Å². The zero-order chi connectivity index (χ0) is 15.6. The van der Waals surface area contributed by atoms with Crippen molar-refractivity contribution in [1.82, 2.24) is 21.4 Å². The third-order valence-electron chi connectivity index (χ3n) is 2.44. The van der Waals surface area contributed by atoms with Crippen LogP contribution in [0.2, 0.25) is 0 Å². The molecule has 0 radical (unpaired) electrons. The Morgan fingerprint density at radius 1 is 0.800 bits per heavy atom. The fraction of sp³-hybridized carbons (Fsp3) is 0.667. The maximum absolute atomic E-state index is 12.5. The molecule has 20 heavy (non-hydrogen) atoms. The van der Waals surface area contributed by atoms with E-state index in [0.29, 0.717) is 6.08 Å². The molecule has 0 spiro atoms. The average molecular weight is 314 g/mol. The average Bonchev–Trinajstić information content (AvgIpc) is 2.27. The molecule has 0 fully saturated rings. The van der Waals surface area contributed by atoms with E-state index in [1.807, 2.05) is 0 Å². The minimum atomic E-state index is -3.56. The van der Waals surface area contributed by atoms with E-state index in [1.54, 1.807) is 0 Å². The first-order valence-corrected chi connectivity index (χ1v) is 4.72. The van der Waals surface area contributed by atoms with Crippen molar-refractivity contribution in [2.24, 2.45) is 10.2 Å². The molecule has 0 atom stereocenters. The molecule has 0 N–H and O–H groups in total. The van der Waals surface area contributed by atoms with Gasteiger partial charge in [-0.3, -0.25) is 0 Å². The Labute approximate surface area is 105 Å². The lowest BCUT2D eigenvalue weighted by Crippen LogP contribution is -2.52. The number of halogens is 8. The van der Waals surface area contributed by atoms with E-state index in [1.165, 1.54) is 0 Å². The van der Waals surface area contributed by atoms with E-state index in [0.717, 1.165) is 0 Å². The molecule has 1 aliphatic heterocycles. The van der Waals surface area contributed by atoms with E-state index in [2.05, 4.69) is 10.2 Å². The van der Waals surface area contributed by atoms with Gasteiger partial charge in [0.1, 0.15) is 6.54 Å². The highest BCUT2D eigenvalue weighted by Gasteiger charge is 2.51. The molecule has 6 nitrogen and oxygen atoms in total. The van der Waals surface area contributed by atoms with E-state index in [-0.39, 0.29) is 6.08 Å². The first-order valence-electron chi connectivity index (χ1n) is 4.72. The Morgan fingerprint density at radius 2 is 1.30 bits per heavy atom. The van der Waals surface area contributed by atoms with Crippen LogP contribution >= 0.6 is 0 Å². The second-order valence-corrected chi connectivity index (χ2v) is 3.59. The summed E-state index contributed by atoms with van der Waals surface area (Å²) in [5, 5.41) is -2.83. The van der Waals surface area contributed by atoms with Gasteiger partial charge < -0.3 is 0 Å². The van der Waals surface area contributed by atoms with Crippen LogP contribution in [0, 0.1) is 0 Å². The summed E-state index contributed by atoms with van der Waals surface area (Å²) < 4.78 is 99.8. The molecular weight excluding hydrogens is 308 g/mol. The van der Waals surface area contributed by atoms with Crippen molar-refractivity contribution in [3.05, 3.63) is 12.2 Å². The molecule has 0 aromatic heterocycles. The summed E-state index contributed by atoms with van der Waals surface area (Å²) in [5.74, 6) is -3.56. The molecule has 0 aromatic carbocycles. The lowest BCUT2D eigenvalue weighted by molar-refractivity contribution is -0.372. The summed E-state index contributed by atoms with van der Waals surface area (Å²) in [7, 11) is 0. The van der Waals surface area contributed by atoms with Crippen LogP contribution in [0.25, 0.3) is 0 Å². The summed E-state index contributed by atoms with van der Waals surface area (Å²) in [5.41, 5.74) is -3.37. The second kappa shape index (κ2) is 5.94. The van der Waals surface area contributed by atoms with Crippen molar-refractivity contribution in [2.45, 2.75) is 17.9 Å². The number of azo groups is 1. The smallest absolute Gasteiger partial charge is 0.186 e. The molecule has 1 aliphatic rings. The van der Waals surface area contributed by atoms with Gasteiger partial charge in [0, 0.05) is 6.42 Å². The minimum absolute atomic E-state index is 0.0763. The quantitative estimate of drug-likeness (QED) is 0.346. The molecule has 1 rings (SSSR count). The maximum Gasteiger partial charge on any atom is 0.306 e. The normalized spacial score (nSPS) is 23.4. The first kappa shape index (κ1) is 16.7. The minimum Gasteiger partial charge on any atom is -0.186 e. The highest BCUT2D eigenvalue weighted by molar-refractivity contribution is 5.06. The van der Waals surface area contributed by atoms with Crippen LogP contribution in [0.3, 0.4) is 0 Å². The molecule has 0 aromatic rings. The van der Waals surface area contributed by atoms with E-state index < -0.39 is 45.8 Å². The zero-order valence-electron chi connectivity index (χ0n) is 9.28. The summed E-state index contributed by atoms with van der Waals surface area (Å²) in [4.78, 5) is 0. The molecule has 1 heterocycles. The number of nitrogens with zero attached hydrogens (tertiary/aromatic N) is 6. The largest absolute Gasteiger partial charge is 0.306 e. The van der Waals surface area contributed by atoms with Crippen LogP contribution in [0.1, 0.15) is 6.42 Å². The van der Waals surface area contributed by atoms with E-state index >= 15 is 0 Å². The maximum atomic E-state index is 12.5. The monoisotopic (exact) mass is 314 g/mol. The van der Waals surface area contributed by atoms with Crippen LogP contribution in [-0.2, 0) is 0 Å². The van der Waals surface area contributed by atoms with Crippen molar-refractivity contribution in [2.75, 3.05) is 6.54 Å². The molecule has 0 amide bonds. The Kier molecular flexibility index (Phi) is 4.95. The number of hydrogen-bond acceptors (Lipinski definition) is 6. The Balaban J connectivity index is 3.14. The van der Waals surface area contributed by atoms with Crippen LogP contribution in [0.4, 0.5) is 35.9 Å². The second-order valence-electron chi connectivity index (χ2n) is 3.59. The number of hydrogen-bond donors (Lipinski definition) is 0. The van der Waals surface area contributed by atoms with Gasteiger partial charge >= 0.3 is 5.79 Å². The molecule has 116 valence electrons. The molecular formula is C6H6F8N6. The predicted octanol–water partition coefficient (Wildman–Crippen LogP) is 3.03. The standard InChI is InChI=1S/C6H6F8N6/c7-17(8)5(18(9)10)2-1-3-6(19(11)12,20(13)14)16-15-4-5/h1-2H,3-4H2/b2-1-,16-15?. The SMILES string of the molecule is FN(F)C1(N(F)F)/C=C\CC(N(F)F)(N(F)F)N=NC1. The summed E-state index contributed by atoms with van der Waals surface area (Å²) in [6.45, 7) is -1.55. The van der Waals surface area contributed by atoms with E-state index in [4.69, 9.17) is 0 Å². The van der Waals surface area contributed by atoms with Gasteiger partial charge in [0.2, 0.25) is 5.66 Å². The van der Waals surface area contributed by atoms with Crippen LogP contribution in [-0.4, -0.2) is 39.4 Å². The fourth-order valence-electron chi connectivity index (χ4n) is 1.29. The van der Waals surface area contributed by atoms with Crippen LogP contribution < -0.4 is 0 Å². The summed E-state index contributed by atoms with van der Waals surface area (Å²) >= 11 is 0. The lowest BCUT2D eigenvalue weighted by Gasteiger charge is -2.31. The molecule has 0 aliphatic carbocycles. The van der Waals surface area contributed by atoms with Crippen molar-refractivity contribution in [3.8, 4) is 0 Å². The molecule has 0 saturated heterocycles. The third kappa shape index (κ3) is 2.72. The van der Waals surface area contributed by atoms with Gasteiger partial charge in [0.15, 0.2) is 0 Å². The van der Waals surface area contributed by atoms with Gasteiger partial charge in [-0.2, -0.15) is 5.11 Å². The Bertz CT molecular complexity index is 332. The van der Waals surface area contributed by atoms with Crippen molar-refractivity contribution in [3.63, 3.8) is 0 Å². The zero-order valence-corrected chi connectivity index (χ0v) is 9.28. The van der Waals surface area contributed by atoms with Gasteiger partial charge in [0.25, 0.3) is 0 Å². The van der Waals surface area contributed by atoms with Gasteiger partial charge in [0.05, 0.1) is 21.4 Å². The van der Waals surface area contributed by atoms with Crippen molar-refractivity contribution in [1.29, 1.82) is 0 Å². The molecule has 0 unspecified atom stereocenters. The molecule has 14 heteroatoms. The topological polar surface area (TPSA) is 37.7 Å².